The van der Waals surface area contributed by atoms with Crippen LogP contribution in [0, 0.1) is 0 Å². The highest BCUT2D eigenvalue weighted by atomic mass is 35.5. The monoisotopic (exact) mass is 533 g/mol. The number of amides is 2. The number of thioether (sulfide) groups is 1. The third kappa shape index (κ3) is 6.46. The van der Waals surface area contributed by atoms with Crippen LogP contribution in [0.4, 0.5) is 5.69 Å². The summed E-state index contributed by atoms with van der Waals surface area (Å²) >= 11 is 7.21. The molecular formula is C23H24ClN5O6S. The number of rotatable bonds is 11. The van der Waals surface area contributed by atoms with Gasteiger partial charge < -0.3 is 29.8 Å². The van der Waals surface area contributed by atoms with Gasteiger partial charge in [-0.15, -0.1) is 10.2 Å². The number of carbonyl (C=O) groups is 3. The number of nitrogens with zero attached hydrogens (tertiary/aromatic N) is 3. The van der Waals surface area contributed by atoms with Crippen molar-refractivity contribution in [2.24, 2.45) is 0 Å². The number of hydrogen-bond acceptors (Lipinski definition) is 8. The quantitative estimate of drug-likeness (QED) is 0.316. The molecule has 0 bridgehead atoms. The zero-order chi connectivity index (χ0) is 26.2. The van der Waals surface area contributed by atoms with E-state index in [1.54, 1.807) is 22.8 Å². The van der Waals surface area contributed by atoms with Gasteiger partial charge in [-0.1, -0.05) is 23.4 Å². The van der Waals surface area contributed by atoms with Crippen LogP contribution in [-0.2, 0) is 17.9 Å². The molecule has 0 atom stereocenters. The first-order chi connectivity index (χ1) is 17.3. The Morgan fingerprint density at radius 1 is 1.06 bits per heavy atom. The summed E-state index contributed by atoms with van der Waals surface area (Å²) in [5.41, 5.74) is 0.609. The molecule has 190 valence electrons. The van der Waals surface area contributed by atoms with E-state index >= 15 is 0 Å². The van der Waals surface area contributed by atoms with Gasteiger partial charge in [0.1, 0.15) is 0 Å². The highest BCUT2D eigenvalue weighted by Crippen LogP contribution is 2.28. The largest absolute Gasteiger partial charge is 0.493 e. The first kappa shape index (κ1) is 26.8. The molecule has 1 heterocycles. The Morgan fingerprint density at radius 2 is 1.78 bits per heavy atom. The molecule has 0 radical (unpaired) electrons. The van der Waals surface area contributed by atoms with Crippen LogP contribution in [-0.4, -0.2) is 57.6 Å². The first-order valence-corrected chi connectivity index (χ1v) is 12.0. The molecule has 11 nitrogen and oxygen atoms in total. The molecule has 0 aliphatic heterocycles. The number of benzene rings is 2. The average molecular weight is 534 g/mol. The van der Waals surface area contributed by atoms with Crippen LogP contribution in [0.3, 0.4) is 0 Å². The van der Waals surface area contributed by atoms with Gasteiger partial charge in [0, 0.05) is 12.1 Å². The Labute approximate surface area is 216 Å². The highest BCUT2D eigenvalue weighted by Gasteiger charge is 2.16. The van der Waals surface area contributed by atoms with Gasteiger partial charge in [-0.2, -0.15) is 0 Å². The summed E-state index contributed by atoms with van der Waals surface area (Å²) in [6.45, 7) is 2.54. The van der Waals surface area contributed by atoms with Gasteiger partial charge >= 0.3 is 5.97 Å². The van der Waals surface area contributed by atoms with Crippen LogP contribution in [0.15, 0.2) is 41.6 Å². The summed E-state index contributed by atoms with van der Waals surface area (Å²) in [5, 5.41) is 23.5. The van der Waals surface area contributed by atoms with E-state index < -0.39 is 11.9 Å². The van der Waals surface area contributed by atoms with Crippen LogP contribution >= 0.6 is 23.4 Å². The van der Waals surface area contributed by atoms with Crippen LogP contribution in [0.1, 0.15) is 33.5 Å². The van der Waals surface area contributed by atoms with E-state index in [2.05, 4.69) is 20.8 Å². The average Bonchev–Trinajstić information content (AvgIpc) is 3.28. The van der Waals surface area contributed by atoms with E-state index in [0.717, 1.165) is 11.8 Å². The van der Waals surface area contributed by atoms with E-state index in [1.807, 2.05) is 6.92 Å². The summed E-state index contributed by atoms with van der Waals surface area (Å²) in [5.74, 6) is -0.375. The van der Waals surface area contributed by atoms with E-state index in [9.17, 15) is 14.4 Å². The topological polar surface area (TPSA) is 145 Å². The predicted molar refractivity (Wildman–Crippen MR) is 134 cm³/mol. The molecule has 3 N–H and O–H groups in total. The third-order valence-electron chi connectivity index (χ3n) is 4.98. The number of halogens is 1. The molecule has 0 saturated heterocycles. The highest BCUT2D eigenvalue weighted by molar-refractivity contribution is 7.99. The Bertz CT molecular complexity index is 1280. The Balaban J connectivity index is 1.61. The molecule has 3 rings (SSSR count). The SMILES string of the molecule is CCn1c(CNC(=O)c2ccc(OC)c(OC)c2)nnc1SCC(=O)Nc1cc(C(=O)O)ccc1Cl. The molecule has 2 aromatic carbocycles. The number of aromatic nitrogens is 3. The maximum Gasteiger partial charge on any atom is 0.335 e. The van der Waals surface area contributed by atoms with Crippen molar-refractivity contribution in [3.63, 3.8) is 0 Å². The summed E-state index contributed by atoms with van der Waals surface area (Å²) in [7, 11) is 3.00. The minimum absolute atomic E-state index is 0.00727. The van der Waals surface area contributed by atoms with Crippen molar-refractivity contribution in [2.45, 2.75) is 25.2 Å². The summed E-state index contributed by atoms with van der Waals surface area (Å²) in [4.78, 5) is 36.2. The maximum atomic E-state index is 12.6. The lowest BCUT2D eigenvalue weighted by Crippen LogP contribution is -2.25. The molecule has 1 aromatic heterocycles. The van der Waals surface area contributed by atoms with E-state index in [-0.39, 0.29) is 34.5 Å². The molecule has 2 amide bonds. The van der Waals surface area contributed by atoms with Gasteiger partial charge in [0.05, 0.1) is 42.8 Å². The molecule has 0 aliphatic carbocycles. The number of hydrogen-bond donors (Lipinski definition) is 3. The number of carboxylic acids is 1. The van der Waals surface area contributed by atoms with E-state index in [4.69, 9.17) is 26.2 Å². The van der Waals surface area contributed by atoms with Crippen molar-refractivity contribution in [2.75, 3.05) is 25.3 Å². The lowest BCUT2D eigenvalue weighted by atomic mass is 10.2. The number of carbonyl (C=O) groups excluding carboxylic acids is 2. The second kappa shape index (κ2) is 12.3. The molecule has 0 spiro atoms. The molecule has 36 heavy (non-hydrogen) atoms. The van der Waals surface area contributed by atoms with Crippen molar-refractivity contribution in [3.8, 4) is 11.5 Å². The number of ether oxygens (including phenoxy) is 2. The molecule has 3 aromatic rings. The van der Waals surface area contributed by atoms with Crippen LogP contribution < -0.4 is 20.1 Å². The second-order valence-corrected chi connectivity index (χ2v) is 8.58. The smallest absolute Gasteiger partial charge is 0.335 e. The molecule has 0 saturated carbocycles. The van der Waals surface area contributed by atoms with Crippen molar-refractivity contribution < 1.29 is 29.0 Å². The van der Waals surface area contributed by atoms with Crippen molar-refractivity contribution in [1.29, 1.82) is 0 Å². The predicted octanol–water partition coefficient (Wildman–Crippen LogP) is 3.33. The van der Waals surface area contributed by atoms with Gasteiger partial charge in [0.25, 0.3) is 5.91 Å². The van der Waals surface area contributed by atoms with Gasteiger partial charge in [0.15, 0.2) is 22.5 Å². The van der Waals surface area contributed by atoms with Crippen molar-refractivity contribution in [1.82, 2.24) is 20.1 Å². The summed E-state index contributed by atoms with van der Waals surface area (Å²) in [6, 6.07) is 8.90. The summed E-state index contributed by atoms with van der Waals surface area (Å²) < 4.78 is 12.2. The molecular weight excluding hydrogens is 510 g/mol. The zero-order valence-electron chi connectivity index (χ0n) is 19.7. The lowest BCUT2D eigenvalue weighted by molar-refractivity contribution is -0.113. The van der Waals surface area contributed by atoms with Crippen LogP contribution in [0.25, 0.3) is 0 Å². The van der Waals surface area contributed by atoms with Gasteiger partial charge in [-0.05, 0) is 43.3 Å². The number of nitrogens with one attached hydrogen (secondary N) is 2. The van der Waals surface area contributed by atoms with Crippen molar-refractivity contribution >= 4 is 46.8 Å². The molecule has 0 aliphatic rings. The van der Waals surface area contributed by atoms with Crippen molar-refractivity contribution in [3.05, 3.63) is 58.4 Å². The molecule has 13 heteroatoms. The number of anilines is 1. The van der Waals surface area contributed by atoms with E-state index in [0.29, 0.717) is 34.6 Å². The zero-order valence-corrected chi connectivity index (χ0v) is 21.3. The summed E-state index contributed by atoms with van der Waals surface area (Å²) in [6.07, 6.45) is 0. The van der Waals surface area contributed by atoms with Gasteiger partial charge in [-0.25, -0.2) is 4.79 Å². The maximum absolute atomic E-state index is 12.6. The standard InChI is InChI=1S/C23H24ClN5O6S/c1-4-29-19(11-25-21(31)13-6-8-17(34-2)18(10-13)35-3)27-28-23(29)36-12-20(30)26-16-9-14(22(32)33)5-7-15(16)24/h5-10H,4,11-12H2,1-3H3,(H,25,31)(H,26,30)(H,32,33). The minimum atomic E-state index is -1.13. The third-order valence-corrected chi connectivity index (χ3v) is 6.28. The fourth-order valence-electron chi connectivity index (χ4n) is 3.18. The molecule has 0 fully saturated rings. The lowest BCUT2D eigenvalue weighted by Gasteiger charge is -2.11. The fourth-order valence-corrected chi connectivity index (χ4v) is 4.17. The Hall–Kier alpha value is -3.77. The van der Waals surface area contributed by atoms with Crippen LogP contribution in [0.2, 0.25) is 5.02 Å². The number of aromatic carboxylic acids is 1. The fraction of sp³-hybridized carbons (Fsp3) is 0.261. The first-order valence-electron chi connectivity index (χ1n) is 10.6. The Morgan fingerprint density at radius 3 is 2.44 bits per heavy atom. The number of methoxy groups -OCH3 is 2. The minimum Gasteiger partial charge on any atom is -0.493 e. The second-order valence-electron chi connectivity index (χ2n) is 7.23. The van der Waals surface area contributed by atoms with Gasteiger partial charge in [-0.3, -0.25) is 9.59 Å². The normalized spacial score (nSPS) is 10.6. The van der Waals surface area contributed by atoms with Gasteiger partial charge in [0.2, 0.25) is 5.91 Å². The Kier molecular flexibility index (Phi) is 9.14. The molecule has 0 unspecified atom stereocenters. The van der Waals surface area contributed by atoms with E-state index in [1.165, 1.54) is 32.4 Å². The number of carboxylic acid groups (broad SMARTS) is 1. The van der Waals surface area contributed by atoms with Crippen LogP contribution in [0.5, 0.6) is 11.5 Å².